The van der Waals surface area contributed by atoms with Gasteiger partial charge in [0.15, 0.2) is 0 Å². The molecule has 1 saturated heterocycles. The Balaban J connectivity index is 2.33. The molecular formula is C12H16BrN. The second-order valence-electron chi connectivity index (χ2n) is 3.82. The smallest absolute Gasteiger partial charge is 0.0409 e. The van der Waals surface area contributed by atoms with Crippen molar-refractivity contribution in [3.63, 3.8) is 0 Å². The first kappa shape index (κ1) is 10.0. The lowest BCUT2D eigenvalue weighted by atomic mass is 10.1. The minimum absolute atomic E-state index is 1.12. The minimum Gasteiger partial charge on any atom is -0.371 e. The number of hydrogen-bond acceptors (Lipinski definition) is 1. The Morgan fingerprint density at radius 1 is 1.29 bits per heavy atom. The Bertz CT molecular complexity index is 316. The summed E-state index contributed by atoms with van der Waals surface area (Å²) in [5.74, 6) is 0. The van der Waals surface area contributed by atoms with Crippen molar-refractivity contribution in [1.82, 2.24) is 0 Å². The minimum atomic E-state index is 1.12. The maximum atomic E-state index is 3.55. The van der Waals surface area contributed by atoms with Crippen molar-refractivity contribution >= 4 is 21.6 Å². The monoisotopic (exact) mass is 253 g/mol. The van der Waals surface area contributed by atoms with Gasteiger partial charge >= 0.3 is 0 Å². The molecule has 2 heteroatoms. The number of benzene rings is 1. The van der Waals surface area contributed by atoms with Gasteiger partial charge in [-0.3, -0.25) is 0 Å². The molecule has 0 amide bonds. The van der Waals surface area contributed by atoms with Crippen LogP contribution < -0.4 is 4.90 Å². The van der Waals surface area contributed by atoms with Crippen LogP contribution in [0, 0.1) is 0 Å². The van der Waals surface area contributed by atoms with Crippen LogP contribution in [0.2, 0.25) is 0 Å². The standard InChI is InChI=1S/C12H16BrN/c1-2-10-5-6-11(13)9-12(10)14-7-3-4-8-14/h5-6,9H,2-4,7-8H2,1H3. The summed E-state index contributed by atoms with van der Waals surface area (Å²) in [6, 6.07) is 6.63. The summed E-state index contributed by atoms with van der Waals surface area (Å²) in [4.78, 5) is 2.50. The first-order valence-corrected chi connectivity index (χ1v) is 6.14. The number of halogens is 1. The van der Waals surface area contributed by atoms with Gasteiger partial charge in [0.05, 0.1) is 0 Å². The summed E-state index contributed by atoms with van der Waals surface area (Å²) in [7, 11) is 0. The SMILES string of the molecule is CCc1ccc(Br)cc1N1CCCC1. The first-order chi connectivity index (χ1) is 6.81. The molecule has 0 saturated carbocycles. The van der Waals surface area contributed by atoms with E-state index in [4.69, 9.17) is 0 Å². The van der Waals surface area contributed by atoms with Gasteiger partial charge in [-0.25, -0.2) is 0 Å². The van der Waals surface area contributed by atoms with E-state index in [1.807, 2.05) is 0 Å². The highest BCUT2D eigenvalue weighted by molar-refractivity contribution is 9.10. The highest BCUT2D eigenvalue weighted by Crippen LogP contribution is 2.28. The predicted molar refractivity (Wildman–Crippen MR) is 65.0 cm³/mol. The van der Waals surface area contributed by atoms with Crippen LogP contribution in [0.25, 0.3) is 0 Å². The van der Waals surface area contributed by atoms with E-state index in [0.717, 1.165) is 6.42 Å². The molecule has 14 heavy (non-hydrogen) atoms. The Morgan fingerprint density at radius 3 is 2.64 bits per heavy atom. The Kier molecular flexibility index (Phi) is 3.12. The second-order valence-corrected chi connectivity index (χ2v) is 4.74. The number of anilines is 1. The molecule has 1 aromatic carbocycles. The van der Waals surface area contributed by atoms with Gasteiger partial charge in [0, 0.05) is 23.2 Å². The lowest BCUT2D eigenvalue weighted by Crippen LogP contribution is -2.19. The zero-order valence-corrected chi connectivity index (χ0v) is 10.2. The van der Waals surface area contributed by atoms with E-state index in [9.17, 15) is 0 Å². The highest BCUT2D eigenvalue weighted by Gasteiger charge is 2.14. The molecule has 0 unspecified atom stereocenters. The zero-order chi connectivity index (χ0) is 9.97. The van der Waals surface area contributed by atoms with E-state index in [0.29, 0.717) is 0 Å². The van der Waals surface area contributed by atoms with Crippen molar-refractivity contribution in [2.75, 3.05) is 18.0 Å². The molecule has 0 bridgehead atoms. The fourth-order valence-electron chi connectivity index (χ4n) is 2.09. The van der Waals surface area contributed by atoms with Crippen molar-refractivity contribution in [2.45, 2.75) is 26.2 Å². The Morgan fingerprint density at radius 2 is 2.00 bits per heavy atom. The molecule has 76 valence electrons. The molecule has 2 rings (SSSR count). The van der Waals surface area contributed by atoms with E-state index >= 15 is 0 Å². The van der Waals surface area contributed by atoms with Gasteiger partial charge in [-0.05, 0) is 37.0 Å². The van der Waals surface area contributed by atoms with Crippen molar-refractivity contribution < 1.29 is 0 Å². The predicted octanol–water partition coefficient (Wildman–Crippen LogP) is 3.61. The van der Waals surface area contributed by atoms with Gasteiger partial charge in [0.1, 0.15) is 0 Å². The highest BCUT2D eigenvalue weighted by atomic mass is 79.9. The zero-order valence-electron chi connectivity index (χ0n) is 8.59. The summed E-state index contributed by atoms with van der Waals surface area (Å²) < 4.78 is 1.19. The lowest BCUT2D eigenvalue weighted by Gasteiger charge is -2.21. The van der Waals surface area contributed by atoms with Gasteiger partial charge in [-0.1, -0.05) is 28.9 Å². The number of rotatable bonds is 2. The molecule has 0 atom stereocenters. The van der Waals surface area contributed by atoms with Crippen LogP contribution in [0.1, 0.15) is 25.3 Å². The molecule has 0 aromatic heterocycles. The quantitative estimate of drug-likeness (QED) is 0.779. The van der Waals surface area contributed by atoms with Crippen LogP contribution in [-0.2, 0) is 6.42 Å². The number of hydrogen-bond donors (Lipinski definition) is 0. The molecule has 1 aliphatic rings. The summed E-state index contributed by atoms with van der Waals surface area (Å²) in [6.45, 7) is 4.68. The maximum absolute atomic E-state index is 3.55. The van der Waals surface area contributed by atoms with Crippen LogP contribution >= 0.6 is 15.9 Å². The number of nitrogens with zero attached hydrogens (tertiary/aromatic N) is 1. The Labute approximate surface area is 94.2 Å². The van der Waals surface area contributed by atoms with Gasteiger partial charge in [0.2, 0.25) is 0 Å². The topological polar surface area (TPSA) is 3.24 Å². The average molecular weight is 254 g/mol. The fraction of sp³-hybridized carbons (Fsp3) is 0.500. The lowest BCUT2D eigenvalue weighted by molar-refractivity contribution is 0.947. The summed E-state index contributed by atoms with van der Waals surface area (Å²) in [6.07, 6.45) is 3.81. The molecule has 1 aromatic rings. The normalized spacial score (nSPS) is 16.3. The molecule has 0 aliphatic carbocycles. The molecule has 0 radical (unpaired) electrons. The van der Waals surface area contributed by atoms with Gasteiger partial charge < -0.3 is 4.90 Å². The molecule has 1 nitrogen and oxygen atoms in total. The summed E-state index contributed by atoms with van der Waals surface area (Å²) >= 11 is 3.55. The van der Waals surface area contributed by atoms with Crippen LogP contribution in [0.15, 0.2) is 22.7 Å². The van der Waals surface area contributed by atoms with E-state index in [2.05, 4.69) is 46.0 Å². The third kappa shape index (κ3) is 1.95. The summed E-state index contributed by atoms with van der Waals surface area (Å²) in [5, 5.41) is 0. The van der Waals surface area contributed by atoms with E-state index < -0.39 is 0 Å². The van der Waals surface area contributed by atoms with Crippen LogP contribution in [0.4, 0.5) is 5.69 Å². The molecular weight excluding hydrogens is 238 g/mol. The Hall–Kier alpha value is -0.500. The van der Waals surface area contributed by atoms with Crippen LogP contribution in [0.3, 0.4) is 0 Å². The molecule has 0 N–H and O–H groups in total. The third-order valence-corrected chi connectivity index (χ3v) is 3.37. The largest absolute Gasteiger partial charge is 0.371 e. The van der Waals surface area contributed by atoms with Crippen molar-refractivity contribution in [3.8, 4) is 0 Å². The van der Waals surface area contributed by atoms with Crippen molar-refractivity contribution in [1.29, 1.82) is 0 Å². The molecule has 0 spiro atoms. The molecule has 1 aliphatic heterocycles. The average Bonchev–Trinajstić information content (AvgIpc) is 2.70. The molecule has 1 heterocycles. The van der Waals surface area contributed by atoms with Crippen molar-refractivity contribution in [2.24, 2.45) is 0 Å². The third-order valence-electron chi connectivity index (χ3n) is 2.87. The fourth-order valence-corrected chi connectivity index (χ4v) is 2.44. The maximum Gasteiger partial charge on any atom is 0.0409 e. The van der Waals surface area contributed by atoms with Crippen molar-refractivity contribution in [3.05, 3.63) is 28.2 Å². The van der Waals surface area contributed by atoms with Gasteiger partial charge in [-0.15, -0.1) is 0 Å². The molecule has 1 fully saturated rings. The second kappa shape index (κ2) is 4.35. The van der Waals surface area contributed by atoms with E-state index in [1.165, 1.54) is 41.7 Å². The summed E-state index contributed by atoms with van der Waals surface area (Å²) in [5.41, 5.74) is 2.90. The van der Waals surface area contributed by atoms with Crippen LogP contribution in [0.5, 0.6) is 0 Å². The van der Waals surface area contributed by atoms with Gasteiger partial charge in [0.25, 0.3) is 0 Å². The van der Waals surface area contributed by atoms with E-state index in [1.54, 1.807) is 0 Å². The van der Waals surface area contributed by atoms with Crippen LogP contribution in [-0.4, -0.2) is 13.1 Å². The first-order valence-electron chi connectivity index (χ1n) is 5.34. The number of aryl methyl sites for hydroxylation is 1. The van der Waals surface area contributed by atoms with Gasteiger partial charge in [-0.2, -0.15) is 0 Å². The van der Waals surface area contributed by atoms with E-state index in [-0.39, 0.29) is 0 Å².